The summed E-state index contributed by atoms with van der Waals surface area (Å²) in [6, 6.07) is 22.1. The minimum Gasteiger partial charge on any atom is -0.496 e. The first kappa shape index (κ1) is 24.5. The third-order valence-electron chi connectivity index (χ3n) is 13.0. The Morgan fingerprint density at radius 2 is 1.10 bits per heavy atom. The van der Waals surface area contributed by atoms with Gasteiger partial charge in [-0.25, -0.2) is 0 Å². The van der Waals surface area contributed by atoms with Crippen LogP contribution < -0.4 is 10.0 Å². The summed E-state index contributed by atoms with van der Waals surface area (Å²) in [5.74, 6) is 5.70. The SMILES string of the molecule is COc1ccc2ccccc2c1-c1ccccc1P(=O)(C12CC3CC(CC(C3)C1)C2)C12CC3CC(CC(C3)C1)C2. The first-order chi connectivity index (χ1) is 19.5. The molecule has 0 aromatic heterocycles. The maximum absolute atomic E-state index is 17.2. The van der Waals surface area contributed by atoms with Gasteiger partial charge in [-0.15, -0.1) is 0 Å². The molecular formula is C37H43O2P. The van der Waals surface area contributed by atoms with Gasteiger partial charge < -0.3 is 9.30 Å². The normalized spacial score (nSPS) is 40.4. The van der Waals surface area contributed by atoms with Crippen molar-refractivity contribution in [2.75, 3.05) is 7.11 Å². The topological polar surface area (TPSA) is 26.3 Å². The van der Waals surface area contributed by atoms with E-state index < -0.39 is 7.14 Å². The molecular weight excluding hydrogens is 507 g/mol. The number of hydrogen-bond donors (Lipinski definition) is 0. The molecule has 2 nitrogen and oxygen atoms in total. The molecule has 8 aliphatic rings. The van der Waals surface area contributed by atoms with Gasteiger partial charge in [0.25, 0.3) is 0 Å². The number of fused-ring (bicyclic) bond motifs is 1. The quantitative estimate of drug-likeness (QED) is 0.296. The van der Waals surface area contributed by atoms with Crippen molar-refractivity contribution in [3.63, 3.8) is 0 Å². The molecule has 0 unspecified atom stereocenters. The molecule has 8 fully saturated rings. The summed E-state index contributed by atoms with van der Waals surface area (Å²) < 4.78 is 23.3. The van der Waals surface area contributed by atoms with Crippen LogP contribution >= 0.6 is 7.14 Å². The highest BCUT2D eigenvalue weighted by molar-refractivity contribution is 7.74. The number of methoxy groups -OCH3 is 1. The largest absolute Gasteiger partial charge is 0.496 e. The van der Waals surface area contributed by atoms with Crippen LogP contribution in [0.25, 0.3) is 21.9 Å². The van der Waals surface area contributed by atoms with Crippen LogP contribution in [-0.2, 0) is 4.57 Å². The molecule has 3 aromatic carbocycles. The number of rotatable bonds is 5. The van der Waals surface area contributed by atoms with E-state index in [4.69, 9.17) is 4.74 Å². The van der Waals surface area contributed by atoms with Crippen molar-refractivity contribution in [2.45, 2.75) is 87.4 Å². The Morgan fingerprint density at radius 1 is 0.625 bits per heavy atom. The van der Waals surface area contributed by atoms with Gasteiger partial charge in [-0.05, 0) is 135 Å². The molecule has 3 heteroatoms. The van der Waals surface area contributed by atoms with Crippen molar-refractivity contribution in [3.05, 3.63) is 60.7 Å². The van der Waals surface area contributed by atoms with E-state index in [2.05, 4.69) is 60.7 Å². The molecule has 0 atom stereocenters. The fourth-order valence-electron chi connectivity index (χ4n) is 12.6. The summed E-state index contributed by atoms with van der Waals surface area (Å²) in [6.45, 7) is 0. The number of hydrogen-bond acceptors (Lipinski definition) is 2. The van der Waals surface area contributed by atoms with Gasteiger partial charge in [0.1, 0.15) is 12.9 Å². The van der Waals surface area contributed by atoms with Crippen LogP contribution in [0.5, 0.6) is 5.75 Å². The maximum Gasteiger partial charge on any atom is 0.127 e. The predicted molar refractivity (Wildman–Crippen MR) is 165 cm³/mol. The van der Waals surface area contributed by atoms with E-state index in [0.29, 0.717) is 0 Å². The van der Waals surface area contributed by atoms with Crippen molar-refractivity contribution < 1.29 is 9.30 Å². The molecule has 0 spiro atoms. The predicted octanol–water partition coefficient (Wildman–Crippen LogP) is 9.44. The highest BCUT2D eigenvalue weighted by Crippen LogP contribution is 2.82. The van der Waals surface area contributed by atoms with E-state index in [1.165, 1.54) is 98.7 Å². The summed E-state index contributed by atoms with van der Waals surface area (Å²) in [6.07, 6.45) is 15.7. The van der Waals surface area contributed by atoms with Gasteiger partial charge in [-0.2, -0.15) is 0 Å². The first-order valence-corrected chi connectivity index (χ1v) is 18.0. The lowest BCUT2D eigenvalue weighted by atomic mass is 9.55. The van der Waals surface area contributed by atoms with Gasteiger partial charge in [0.15, 0.2) is 0 Å². The minimum atomic E-state index is -2.84. The molecule has 0 heterocycles. The Morgan fingerprint density at radius 3 is 1.62 bits per heavy atom. The van der Waals surface area contributed by atoms with E-state index in [9.17, 15) is 0 Å². The summed E-state index contributed by atoms with van der Waals surface area (Å²) >= 11 is 0. The van der Waals surface area contributed by atoms with Crippen LogP contribution in [0.2, 0.25) is 0 Å². The molecule has 8 aliphatic carbocycles. The van der Waals surface area contributed by atoms with Gasteiger partial charge in [0.05, 0.1) is 7.11 Å². The lowest BCUT2D eigenvalue weighted by Gasteiger charge is -2.67. The monoisotopic (exact) mass is 550 g/mol. The second kappa shape index (κ2) is 8.50. The van der Waals surface area contributed by atoms with Gasteiger partial charge in [-0.1, -0.05) is 54.6 Å². The second-order valence-electron chi connectivity index (χ2n) is 15.3. The Balaban J connectivity index is 1.33. The van der Waals surface area contributed by atoms with Crippen molar-refractivity contribution in [1.82, 2.24) is 0 Å². The van der Waals surface area contributed by atoms with Crippen molar-refractivity contribution >= 4 is 23.2 Å². The van der Waals surface area contributed by atoms with Gasteiger partial charge in [0, 0.05) is 21.2 Å². The molecule has 8 bridgehead atoms. The first-order valence-electron chi connectivity index (χ1n) is 16.3. The third-order valence-corrected chi connectivity index (χ3v) is 17.8. The molecule has 8 saturated carbocycles. The van der Waals surface area contributed by atoms with E-state index >= 15 is 4.57 Å². The van der Waals surface area contributed by atoms with Crippen LogP contribution in [0.3, 0.4) is 0 Å². The standard InChI is InChI=1S/C37H43O2P/c1-39-33-11-10-30-6-2-3-7-31(30)35(33)32-8-4-5-9-34(32)40(38,36-18-24-12-25(19-36)14-26(13-24)20-36)37-21-27-15-28(22-37)17-29(16-27)23-37/h2-11,24-29H,12-23H2,1H3. The van der Waals surface area contributed by atoms with Crippen LogP contribution in [-0.4, -0.2) is 17.4 Å². The smallest absolute Gasteiger partial charge is 0.127 e. The Kier molecular flexibility index (Phi) is 5.22. The molecule has 0 N–H and O–H groups in total. The van der Waals surface area contributed by atoms with Crippen LogP contribution in [0.1, 0.15) is 77.0 Å². The lowest BCUT2D eigenvalue weighted by Crippen LogP contribution is -2.59. The molecule has 0 aliphatic heterocycles. The van der Waals surface area contributed by atoms with Gasteiger partial charge in [-0.3, -0.25) is 0 Å². The molecule has 40 heavy (non-hydrogen) atoms. The van der Waals surface area contributed by atoms with E-state index in [1.54, 1.807) is 7.11 Å². The molecule has 0 saturated heterocycles. The molecule has 0 radical (unpaired) electrons. The molecule has 11 rings (SSSR count). The minimum absolute atomic E-state index is 0.00133. The summed E-state index contributed by atoms with van der Waals surface area (Å²) in [4.78, 5) is 0. The van der Waals surface area contributed by atoms with Gasteiger partial charge >= 0.3 is 0 Å². The summed E-state index contributed by atoms with van der Waals surface area (Å²) in [7, 11) is -1.04. The Hall–Kier alpha value is -2.05. The number of ether oxygens (including phenoxy) is 1. The van der Waals surface area contributed by atoms with Crippen LogP contribution in [0, 0.1) is 35.5 Å². The fraction of sp³-hybridized carbons (Fsp3) is 0.568. The third kappa shape index (κ3) is 3.21. The fourth-order valence-corrected chi connectivity index (χ4v) is 18.5. The van der Waals surface area contributed by atoms with E-state index in [1.807, 2.05) is 0 Å². The lowest BCUT2D eigenvalue weighted by molar-refractivity contribution is 0.0145. The van der Waals surface area contributed by atoms with Crippen LogP contribution in [0.15, 0.2) is 60.7 Å². The highest BCUT2D eigenvalue weighted by Gasteiger charge is 2.69. The van der Waals surface area contributed by atoms with Crippen molar-refractivity contribution in [2.24, 2.45) is 35.5 Å². The highest BCUT2D eigenvalue weighted by atomic mass is 31.2. The van der Waals surface area contributed by atoms with Crippen LogP contribution in [0.4, 0.5) is 0 Å². The summed E-state index contributed by atoms with van der Waals surface area (Å²) in [5.41, 5.74) is 2.36. The maximum atomic E-state index is 17.2. The van der Waals surface area contributed by atoms with Crippen molar-refractivity contribution in [1.29, 1.82) is 0 Å². The number of benzene rings is 3. The molecule has 208 valence electrons. The zero-order chi connectivity index (χ0) is 26.7. The zero-order valence-corrected chi connectivity index (χ0v) is 24.9. The zero-order valence-electron chi connectivity index (χ0n) is 24.0. The summed E-state index contributed by atoms with van der Waals surface area (Å²) in [5, 5.41) is 3.68. The van der Waals surface area contributed by atoms with Gasteiger partial charge in [0.2, 0.25) is 0 Å². The average Bonchev–Trinajstić information content (AvgIpc) is 2.94. The molecule has 3 aromatic rings. The van der Waals surface area contributed by atoms with Crippen molar-refractivity contribution in [3.8, 4) is 16.9 Å². The van der Waals surface area contributed by atoms with E-state index in [0.717, 1.165) is 46.8 Å². The Labute approximate surface area is 239 Å². The second-order valence-corrected chi connectivity index (χ2v) is 18.9. The average molecular weight is 551 g/mol. The van der Waals surface area contributed by atoms with E-state index in [-0.39, 0.29) is 10.3 Å². The Bertz CT molecular complexity index is 1430. The molecule has 0 amide bonds.